The van der Waals surface area contributed by atoms with Crippen LogP contribution in [-0.2, 0) is 16.1 Å². The van der Waals surface area contributed by atoms with E-state index in [2.05, 4.69) is 48.5 Å². The summed E-state index contributed by atoms with van der Waals surface area (Å²) in [4.78, 5) is 13.1. The lowest BCUT2D eigenvalue weighted by molar-refractivity contribution is -0.179. The highest BCUT2D eigenvalue weighted by atomic mass is 16.5. The van der Waals surface area contributed by atoms with E-state index in [1.807, 2.05) is 18.2 Å². The molecule has 1 aromatic rings. The topological polar surface area (TPSA) is 55.8 Å². The minimum atomic E-state index is -0.259. The molecule has 0 amide bonds. The third-order valence-corrected chi connectivity index (χ3v) is 15.4. The van der Waals surface area contributed by atoms with Crippen molar-refractivity contribution in [3.8, 4) is 5.75 Å². The maximum absolute atomic E-state index is 13.1. The lowest BCUT2D eigenvalue weighted by atomic mass is 9.41. The zero-order valence-electron chi connectivity index (χ0n) is 29.7. The Morgan fingerprint density at radius 3 is 2.38 bits per heavy atom. The number of esters is 1. The monoisotopic (exact) mass is 618 g/mol. The molecular formula is C41H62O4. The van der Waals surface area contributed by atoms with E-state index in [9.17, 15) is 9.90 Å². The highest BCUT2D eigenvalue weighted by Crippen LogP contribution is 2.89. The molecule has 2 spiro atoms. The zero-order chi connectivity index (χ0) is 32.4. The van der Waals surface area contributed by atoms with Crippen LogP contribution in [0.1, 0.15) is 137 Å². The predicted octanol–water partition coefficient (Wildman–Crippen LogP) is 10.0. The Bertz CT molecular complexity index is 1300. The van der Waals surface area contributed by atoms with E-state index >= 15 is 0 Å². The molecule has 5 aliphatic rings. The molecule has 9 atom stereocenters. The van der Waals surface area contributed by atoms with Crippen LogP contribution < -0.4 is 4.74 Å². The number of hydrogen-bond donors (Lipinski definition) is 1. The van der Waals surface area contributed by atoms with Crippen molar-refractivity contribution in [2.45, 2.75) is 138 Å². The highest BCUT2D eigenvalue weighted by molar-refractivity contribution is 5.87. The second-order valence-electron chi connectivity index (χ2n) is 17.8. The number of rotatable bonds is 10. The van der Waals surface area contributed by atoms with Crippen LogP contribution in [0.2, 0.25) is 0 Å². The van der Waals surface area contributed by atoms with Crippen LogP contribution in [0.4, 0.5) is 0 Å². The summed E-state index contributed by atoms with van der Waals surface area (Å²) in [7, 11) is 1.60. The maximum atomic E-state index is 13.1. The van der Waals surface area contributed by atoms with Crippen molar-refractivity contribution < 1.29 is 19.4 Å². The number of aliphatic hydroxyl groups excluding tert-OH is 1. The molecule has 1 N–H and O–H groups in total. The summed E-state index contributed by atoms with van der Waals surface area (Å²) in [6, 6.07) is 5.59. The number of ether oxygens (including phenoxy) is 2. The van der Waals surface area contributed by atoms with Crippen LogP contribution in [-0.4, -0.2) is 24.3 Å². The number of aliphatic hydroxyl groups is 1. The Morgan fingerprint density at radius 1 is 0.933 bits per heavy atom. The first-order chi connectivity index (χ1) is 21.3. The van der Waals surface area contributed by atoms with Gasteiger partial charge in [0.05, 0.1) is 13.7 Å². The molecule has 250 valence electrons. The van der Waals surface area contributed by atoms with Gasteiger partial charge in [-0.3, -0.25) is 0 Å². The SMILES string of the molecule is COc1ccc(C=CC(=O)OC2CCC34CC35CCC3(C)C(C(C)CCCC(C)C)CCC3(C)C5CCC4C2(C)C)cc1CO. The third kappa shape index (κ3) is 5.05. The van der Waals surface area contributed by atoms with Crippen LogP contribution in [0.3, 0.4) is 0 Å². The van der Waals surface area contributed by atoms with Gasteiger partial charge in [-0.1, -0.05) is 73.8 Å². The molecule has 5 fully saturated rings. The fraction of sp³-hybridized carbons (Fsp3) is 0.780. The fourth-order valence-corrected chi connectivity index (χ4v) is 12.9. The lowest BCUT2D eigenvalue weighted by Crippen LogP contribution is -2.58. The molecule has 5 aliphatic carbocycles. The van der Waals surface area contributed by atoms with Crippen LogP contribution >= 0.6 is 0 Å². The van der Waals surface area contributed by atoms with E-state index in [0.29, 0.717) is 38.9 Å². The molecule has 0 heterocycles. The van der Waals surface area contributed by atoms with Crippen LogP contribution in [0.5, 0.6) is 5.75 Å². The Balaban J connectivity index is 1.14. The molecular weight excluding hydrogens is 556 g/mol. The molecule has 4 nitrogen and oxygen atoms in total. The lowest BCUT2D eigenvalue weighted by Gasteiger charge is -2.63. The smallest absolute Gasteiger partial charge is 0.331 e. The first-order valence-electron chi connectivity index (χ1n) is 18.4. The van der Waals surface area contributed by atoms with Crippen molar-refractivity contribution in [1.29, 1.82) is 0 Å². The molecule has 0 radical (unpaired) electrons. The molecule has 45 heavy (non-hydrogen) atoms. The van der Waals surface area contributed by atoms with Gasteiger partial charge in [0.15, 0.2) is 0 Å². The number of carbonyl (C=O) groups excluding carboxylic acids is 1. The minimum Gasteiger partial charge on any atom is -0.496 e. The van der Waals surface area contributed by atoms with Gasteiger partial charge in [0.1, 0.15) is 11.9 Å². The van der Waals surface area contributed by atoms with Crippen molar-refractivity contribution in [3.63, 3.8) is 0 Å². The zero-order valence-corrected chi connectivity index (χ0v) is 29.7. The standard InChI is InChI=1S/C41H62O4/c1-27(2)10-9-11-28(3)31-18-20-39(7)34-16-15-33-37(4,5)35(19-21-40(33)26-41(34,40)23-22-38(31,39)6)45-36(43)17-13-29-12-14-32(44-8)30(24-29)25-42/h12-14,17,24,27-28,31,33-35,42H,9-11,15-16,18-23,25-26H2,1-8H3. The van der Waals surface area contributed by atoms with Crippen molar-refractivity contribution in [3.05, 3.63) is 35.4 Å². The van der Waals surface area contributed by atoms with Gasteiger partial charge >= 0.3 is 5.97 Å². The second kappa shape index (κ2) is 11.7. The average molecular weight is 619 g/mol. The molecule has 0 bridgehead atoms. The van der Waals surface area contributed by atoms with Crippen molar-refractivity contribution >= 4 is 12.0 Å². The molecule has 9 unspecified atom stereocenters. The van der Waals surface area contributed by atoms with Gasteiger partial charge in [-0.2, -0.15) is 0 Å². The molecule has 6 rings (SSSR count). The summed E-state index contributed by atoms with van der Waals surface area (Å²) in [5, 5.41) is 9.67. The second-order valence-corrected chi connectivity index (χ2v) is 17.8. The molecule has 0 aromatic heterocycles. The van der Waals surface area contributed by atoms with Gasteiger partial charge in [0, 0.05) is 17.1 Å². The van der Waals surface area contributed by atoms with Crippen LogP contribution in [0.25, 0.3) is 6.08 Å². The first kappa shape index (κ1) is 33.1. The fourth-order valence-electron chi connectivity index (χ4n) is 12.9. The Hall–Kier alpha value is -1.81. The number of fused-ring (bicyclic) bond motifs is 2. The Kier molecular flexibility index (Phi) is 8.61. The number of hydrogen-bond acceptors (Lipinski definition) is 4. The van der Waals surface area contributed by atoms with Gasteiger partial charge in [-0.05, 0) is 133 Å². The summed E-state index contributed by atoms with van der Waals surface area (Å²) in [6.07, 6.45) is 19.5. The van der Waals surface area contributed by atoms with E-state index in [0.717, 1.165) is 35.7 Å². The Labute approximate surface area is 274 Å². The summed E-state index contributed by atoms with van der Waals surface area (Å²) >= 11 is 0. The molecule has 0 saturated heterocycles. The number of methoxy groups -OCH3 is 1. The largest absolute Gasteiger partial charge is 0.496 e. The molecule has 5 saturated carbocycles. The van der Waals surface area contributed by atoms with Crippen LogP contribution in [0, 0.1) is 56.7 Å². The van der Waals surface area contributed by atoms with Gasteiger partial charge in [0.2, 0.25) is 0 Å². The van der Waals surface area contributed by atoms with E-state index < -0.39 is 0 Å². The summed E-state index contributed by atoms with van der Waals surface area (Å²) in [6.45, 7) is 17.5. The summed E-state index contributed by atoms with van der Waals surface area (Å²) < 4.78 is 11.6. The van der Waals surface area contributed by atoms with Crippen molar-refractivity contribution in [1.82, 2.24) is 0 Å². The molecule has 1 aromatic carbocycles. The number of benzene rings is 1. The van der Waals surface area contributed by atoms with Crippen molar-refractivity contribution in [2.24, 2.45) is 56.7 Å². The van der Waals surface area contributed by atoms with E-state index in [-0.39, 0.29) is 24.1 Å². The van der Waals surface area contributed by atoms with Gasteiger partial charge in [-0.25, -0.2) is 4.79 Å². The summed E-state index contributed by atoms with van der Waals surface area (Å²) in [5.74, 6) is 4.42. The minimum absolute atomic E-state index is 0.0226. The summed E-state index contributed by atoms with van der Waals surface area (Å²) in [5.41, 5.74) is 3.46. The van der Waals surface area contributed by atoms with E-state index in [1.54, 1.807) is 19.3 Å². The van der Waals surface area contributed by atoms with Gasteiger partial charge in [-0.15, -0.1) is 0 Å². The highest BCUT2D eigenvalue weighted by Gasteiger charge is 2.82. The van der Waals surface area contributed by atoms with Gasteiger partial charge in [0.25, 0.3) is 0 Å². The van der Waals surface area contributed by atoms with E-state index in [4.69, 9.17) is 9.47 Å². The van der Waals surface area contributed by atoms with Gasteiger partial charge < -0.3 is 14.6 Å². The maximum Gasteiger partial charge on any atom is 0.331 e. The van der Waals surface area contributed by atoms with Crippen molar-refractivity contribution in [2.75, 3.05) is 7.11 Å². The molecule has 4 heteroatoms. The number of carbonyl (C=O) groups is 1. The third-order valence-electron chi connectivity index (χ3n) is 15.4. The normalized spacial score (nSPS) is 40.3. The predicted molar refractivity (Wildman–Crippen MR) is 183 cm³/mol. The quantitative estimate of drug-likeness (QED) is 0.209. The first-order valence-corrected chi connectivity index (χ1v) is 18.4. The Morgan fingerprint density at radius 2 is 1.67 bits per heavy atom. The average Bonchev–Trinajstić information content (AvgIpc) is 3.58. The van der Waals surface area contributed by atoms with Crippen LogP contribution in [0.15, 0.2) is 24.3 Å². The van der Waals surface area contributed by atoms with E-state index in [1.165, 1.54) is 70.6 Å². The molecule has 0 aliphatic heterocycles.